The van der Waals surface area contributed by atoms with Crippen molar-refractivity contribution in [2.45, 2.75) is 32.7 Å². The molecule has 0 aliphatic heterocycles. The predicted molar refractivity (Wildman–Crippen MR) is 88.6 cm³/mol. The van der Waals surface area contributed by atoms with E-state index >= 15 is 0 Å². The van der Waals surface area contributed by atoms with Crippen LogP contribution < -0.4 is 11.3 Å². The first-order chi connectivity index (χ1) is 9.54. The summed E-state index contributed by atoms with van der Waals surface area (Å²) in [5, 5.41) is 0. The number of rotatable bonds is 4. The van der Waals surface area contributed by atoms with Gasteiger partial charge in [-0.15, -0.1) is 0 Å². The molecule has 1 unspecified atom stereocenters. The molecule has 1 atom stereocenters. The van der Waals surface area contributed by atoms with Crippen LogP contribution in [0.2, 0.25) is 0 Å². The summed E-state index contributed by atoms with van der Waals surface area (Å²) in [7, 11) is 0. The van der Waals surface area contributed by atoms with Gasteiger partial charge in [0.2, 0.25) is 0 Å². The van der Waals surface area contributed by atoms with E-state index < -0.39 is 0 Å². The fourth-order valence-electron chi connectivity index (χ4n) is 2.38. The van der Waals surface area contributed by atoms with Crippen molar-refractivity contribution in [3.05, 3.63) is 69.2 Å². The molecule has 3 heteroatoms. The summed E-state index contributed by atoms with van der Waals surface area (Å²) in [5.41, 5.74) is 7.86. The zero-order chi connectivity index (χ0) is 14.7. The summed E-state index contributed by atoms with van der Waals surface area (Å²) in [6.45, 7) is 6.50. The smallest absolute Gasteiger partial charge is 0.0713 e. The van der Waals surface area contributed by atoms with Crippen LogP contribution in [0.1, 0.15) is 48.1 Å². The maximum atomic E-state index is 5.79. The molecule has 106 valence electrons. The summed E-state index contributed by atoms with van der Waals surface area (Å²) in [5.74, 6) is 6.33. The Balaban J connectivity index is 2.39. The molecule has 0 aromatic heterocycles. The minimum Gasteiger partial charge on any atom is -0.271 e. The second-order valence-electron chi connectivity index (χ2n) is 5.38. The monoisotopic (exact) mass is 332 g/mol. The minimum absolute atomic E-state index is 0.00807. The maximum absolute atomic E-state index is 5.79. The summed E-state index contributed by atoms with van der Waals surface area (Å²) in [4.78, 5) is 0. The molecular weight excluding hydrogens is 312 g/mol. The average molecular weight is 333 g/mol. The third-order valence-electron chi connectivity index (χ3n) is 3.72. The first-order valence-corrected chi connectivity index (χ1v) is 7.65. The molecular formula is C17H21BrN2. The Kier molecular flexibility index (Phi) is 4.97. The molecule has 0 aliphatic rings. The van der Waals surface area contributed by atoms with Gasteiger partial charge in [-0.05, 0) is 41.2 Å². The molecule has 0 amide bonds. The van der Waals surface area contributed by atoms with Crippen LogP contribution in [0.4, 0.5) is 0 Å². The van der Waals surface area contributed by atoms with Crippen LogP contribution in [-0.2, 0) is 0 Å². The number of hydrazine groups is 1. The zero-order valence-electron chi connectivity index (χ0n) is 12.2. The second kappa shape index (κ2) is 6.53. The Morgan fingerprint density at radius 2 is 1.60 bits per heavy atom. The molecule has 0 heterocycles. The molecule has 0 saturated heterocycles. The Morgan fingerprint density at radius 3 is 2.15 bits per heavy atom. The molecule has 0 saturated carbocycles. The van der Waals surface area contributed by atoms with Crippen LogP contribution in [0.3, 0.4) is 0 Å². The Bertz CT molecular complexity index is 576. The lowest BCUT2D eigenvalue weighted by Gasteiger charge is -2.20. The fraction of sp³-hybridized carbons (Fsp3) is 0.294. The first-order valence-electron chi connectivity index (χ1n) is 6.85. The van der Waals surface area contributed by atoms with Crippen LogP contribution in [0.5, 0.6) is 0 Å². The van der Waals surface area contributed by atoms with Crippen LogP contribution >= 0.6 is 15.9 Å². The van der Waals surface area contributed by atoms with E-state index in [1.165, 1.54) is 22.3 Å². The number of benzene rings is 2. The quantitative estimate of drug-likeness (QED) is 0.641. The van der Waals surface area contributed by atoms with Gasteiger partial charge in [-0.2, -0.15) is 0 Å². The van der Waals surface area contributed by atoms with Crippen molar-refractivity contribution in [3.63, 3.8) is 0 Å². The highest BCUT2D eigenvalue weighted by atomic mass is 79.9. The van der Waals surface area contributed by atoms with E-state index in [0.29, 0.717) is 5.92 Å². The van der Waals surface area contributed by atoms with Gasteiger partial charge < -0.3 is 0 Å². The van der Waals surface area contributed by atoms with E-state index in [0.717, 1.165) is 4.47 Å². The van der Waals surface area contributed by atoms with Crippen molar-refractivity contribution in [1.82, 2.24) is 5.43 Å². The van der Waals surface area contributed by atoms with Gasteiger partial charge in [-0.1, -0.05) is 66.2 Å². The van der Waals surface area contributed by atoms with E-state index in [1.807, 2.05) is 12.1 Å². The van der Waals surface area contributed by atoms with Crippen molar-refractivity contribution < 1.29 is 0 Å². The molecule has 2 nitrogen and oxygen atoms in total. The molecule has 20 heavy (non-hydrogen) atoms. The van der Waals surface area contributed by atoms with Crippen molar-refractivity contribution in [2.24, 2.45) is 5.84 Å². The van der Waals surface area contributed by atoms with Crippen molar-refractivity contribution in [2.75, 3.05) is 0 Å². The number of halogens is 1. The first kappa shape index (κ1) is 15.2. The number of hydrogen-bond acceptors (Lipinski definition) is 2. The highest BCUT2D eigenvalue weighted by molar-refractivity contribution is 9.10. The van der Waals surface area contributed by atoms with Gasteiger partial charge >= 0.3 is 0 Å². The van der Waals surface area contributed by atoms with Crippen LogP contribution in [0.25, 0.3) is 0 Å². The molecule has 2 aromatic rings. The van der Waals surface area contributed by atoms with E-state index in [9.17, 15) is 0 Å². The molecule has 0 bridgehead atoms. The van der Waals surface area contributed by atoms with Gasteiger partial charge in [0, 0.05) is 4.47 Å². The van der Waals surface area contributed by atoms with Crippen molar-refractivity contribution >= 4 is 15.9 Å². The van der Waals surface area contributed by atoms with Crippen LogP contribution in [-0.4, -0.2) is 0 Å². The van der Waals surface area contributed by atoms with Crippen LogP contribution in [0.15, 0.2) is 46.9 Å². The minimum atomic E-state index is 0.00807. The third kappa shape index (κ3) is 3.11. The Morgan fingerprint density at radius 1 is 1.00 bits per heavy atom. The lowest BCUT2D eigenvalue weighted by molar-refractivity contribution is 0.633. The highest BCUT2D eigenvalue weighted by Gasteiger charge is 2.15. The van der Waals surface area contributed by atoms with E-state index in [2.05, 4.69) is 72.5 Å². The lowest BCUT2D eigenvalue weighted by Crippen LogP contribution is -2.29. The largest absolute Gasteiger partial charge is 0.271 e. The number of hydrogen-bond donors (Lipinski definition) is 2. The van der Waals surface area contributed by atoms with Crippen molar-refractivity contribution in [3.8, 4) is 0 Å². The lowest BCUT2D eigenvalue weighted by atomic mass is 9.93. The third-order valence-corrected chi connectivity index (χ3v) is 4.58. The van der Waals surface area contributed by atoms with Gasteiger partial charge in [0.1, 0.15) is 0 Å². The Labute approximate surface area is 129 Å². The SMILES string of the molecule is Cc1c(Br)cccc1C(NN)c1ccc(C(C)C)cc1. The summed E-state index contributed by atoms with van der Waals surface area (Å²) >= 11 is 3.58. The molecule has 0 aliphatic carbocycles. The van der Waals surface area contributed by atoms with E-state index in [4.69, 9.17) is 5.84 Å². The summed E-state index contributed by atoms with van der Waals surface area (Å²) in [6.07, 6.45) is 0. The van der Waals surface area contributed by atoms with Gasteiger partial charge in [0.25, 0.3) is 0 Å². The predicted octanol–water partition coefficient (Wildman–Crippen LogP) is 4.43. The van der Waals surface area contributed by atoms with E-state index in [-0.39, 0.29) is 6.04 Å². The zero-order valence-corrected chi connectivity index (χ0v) is 13.7. The summed E-state index contributed by atoms with van der Waals surface area (Å²) < 4.78 is 1.11. The number of nitrogens with one attached hydrogen (secondary N) is 1. The molecule has 0 radical (unpaired) electrons. The molecule has 2 rings (SSSR count). The average Bonchev–Trinajstić information content (AvgIpc) is 2.45. The highest BCUT2D eigenvalue weighted by Crippen LogP contribution is 2.29. The standard InChI is InChI=1S/C17H21BrN2/c1-11(2)13-7-9-14(10-8-13)17(20-19)15-5-4-6-16(18)12(15)3/h4-11,17,20H,19H2,1-3H3. The second-order valence-corrected chi connectivity index (χ2v) is 6.23. The Hall–Kier alpha value is -1.16. The fourth-order valence-corrected chi connectivity index (χ4v) is 2.76. The van der Waals surface area contributed by atoms with E-state index in [1.54, 1.807) is 0 Å². The van der Waals surface area contributed by atoms with Gasteiger partial charge in [0.05, 0.1) is 6.04 Å². The van der Waals surface area contributed by atoms with Gasteiger partial charge in [-0.25, -0.2) is 5.43 Å². The van der Waals surface area contributed by atoms with Crippen molar-refractivity contribution in [1.29, 1.82) is 0 Å². The maximum Gasteiger partial charge on any atom is 0.0713 e. The molecule has 2 aromatic carbocycles. The molecule has 3 N–H and O–H groups in total. The van der Waals surface area contributed by atoms with Gasteiger partial charge in [-0.3, -0.25) is 5.84 Å². The molecule has 0 fully saturated rings. The molecule has 0 spiro atoms. The topological polar surface area (TPSA) is 38.0 Å². The number of nitrogens with two attached hydrogens (primary N) is 1. The normalized spacial score (nSPS) is 12.7. The summed E-state index contributed by atoms with van der Waals surface area (Å²) in [6, 6.07) is 14.9. The van der Waals surface area contributed by atoms with Gasteiger partial charge in [0.15, 0.2) is 0 Å². The van der Waals surface area contributed by atoms with Crippen LogP contribution in [0, 0.1) is 6.92 Å².